The van der Waals surface area contributed by atoms with Gasteiger partial charge in [0.25, 0.3) is 10.0 Å². The highest BCUT2D eigenvalue weighted by Crippen LogP contribution is 2.33. The second-order valence-electron chi connectivity index (χ2n) is 10.1. The first kappa shape index (κ1) is 34.3. The van der Waals surface area contributed by atoms with Crippen LogP contribution in [-0.4, -0.2) is 58.5 Å². The molecule has 43 heavy (non-hydrogen) atoms. The third-order valence-corrected chi connectivity index (χ3v) is 9.15. The van der Waals surface area contributed by atoms with Gasteiger partial charge in [0.2, 0.25) is 11.8 Å². The van der Waals surface area contributed by atoms with E-state index in [1.54, 1.807) is 19.1 Å². The Morgan fingerprint density at radius 2 is 1.49 bits per heavy atom. The predicted molar refractivity (Wildman–Crippen MR) is 170 cm³/mol. The zero-order chi connectivity index (χ0) is 31.9. The summed E-state index contributed by atoms with van der Waals surface area (Å²) < 4.78 is 39.7. The van der Waals surface area contributed by atoms with Crippen molar-refractivity contribution in [2.45, 2.75) is 38.3 Å². The van der Waals surface area contributed by atoms with Crippen LogP contribution in [0.3, 0.4) is 0 Å². The maximum absolute atomic E-state index is 14.1. The largest absolute Gasteiger partial charge is 0.493 e. The lowest BCUT2D eigenvalue weighted by molar-refractivity contribution is -0.139. The lowest BCUT2D eigenvalue weighted by atomic mass is 10.1. The Labute approximate surface area is 267 Å². The molecule has 0 saturated heterocycles. The number of amides is 2. The minimum Gasteiger partial charge on any atom is -0.493 e. The number of halogens is 3. The van der Waals surface area contributed by atoms with E-state index >= 15 is 0 Å². The van der Waals surface area contributed by atoms with Crippen LogP contribution < -0.4 is 19.1 Å². The van der Waals surface area contributed by atoms with E-state index in [0.29, 0.717) is 32.9 Å². The van der Waals surface area contributed by atoms with E-state index in [1.165, 1.54) is 67.7 Å². The highest BCUT2D eigenvalue weighted by molar-refractivity contribution is 7.92. The lowest BCUT2D eigenvalue weighted by Crippen LogP contribution is -2.51. The molecule has 0 aromatic heterocycles. The Morgan fingerprint density at radius 1 is 0.860 bits per heavy atom. The molecule has 0 aliphatic rings. The van der Waals surface area contributed by atoms with Gasteiger partial charge in [-0.15, -0.1) is 0 Å². The highest BCUT2D eigenvalue weighted by atomic mass is 35.5. The van der Waals surface area contributed by atoms with Gasteiger partial charge in [-0.25, -0.2) is 8.42 Å². The van der Waals surface area contributed by atoms with Crippen molar-refractivity contribution in [2.75, 3.05) is 31.6 Å². The van der Waals surface area contributed by atoms with E-state index < -0.39 is 34.4 Å². The number of rotatable bonds is 13. The van der Waals surface area contributed by atoms with Gasteiger partial charge in [-0.2, -0.15) is 0 Å². The van der Waals surface area contributed by atoms with E-state index in [9.17, 15) is 18.0 Å². The van der Waals surface area contributed by atoms with Crippen molar-refractivity contribution >= 4 is 62.3 Å². The summed E-state index contributed by atoms with van der Waals surface area (Å²) >= 11 is 18.6. The minimum absolute atomic E-state index is 0.0734. The van der Waals surface area contributed by atoms with Gasteiger partial charge >= 0.3 is 0 Å². The predicted octanol–water partition coefficient (Wildman–Crippen LogP) is 6.05. The van der Waals surface area contributed by atoms with E-state index in [-0.39, 0.29) is 28.8 Å². The quantitative estimate of drug-likeness (QED) is 0.238. The second-order valence-corrected chi connectivity index (χ2v) is 13.2. The zero-order valence-corrected chi connectivity index (χ0v) is 27.5. The van der Waals surface area contributed by atoms with Gasteiger partial charge in [0.05, 0.1) is 24.8 Å². The number of ether oxygens (including phenoxy) is 2. The lowest BCUT2D eigenvalue weighted by Gasteiger charge is -2.32. The summed E-state index contributed by atoms with van der Waals surface area (Å²) in [6.07, 6.45) is 0. The van der Waals surface area contributed by atoms with E-state index in [1.807, 2.05) is 13.8 Å². The van der Waals surface area contributed by atoms with Gasteiger partial charge in [-0.05, 0) is 66.9 Å². The SMILES string of the molecule is COc1ccc(S(=O)(=O)N(CC(=O)N(Cc2ccc(Cl)cc2Cl)[C@H](C)C(=O)NCC(C)C)c2ccc(Cl)cc2)cc1OC. The Hall–Kier alpha value is -3.18. The summed E-state index contributed by atoms with van der Waals surface area (Å²) in [6.45, 7) is 5.17. The van der Waals surface area contributed by atoms with Crippen molar-refractivity contribution in [2.24, 2.45) is 5.92 Å². The summed E-state index contributed by atoms with van der Waals surface area (Å²) in [5.41, 5.74) is 0.720. The fourth-order valence-electron chi connectivity index (χ4n) is 4.11. The van der Waals surface area contributed by atoms with Gasteiger partial charge in [0.1, 0.15) is 12.6 Å². The Bertz CT molecular complexity index is 1550. The van der Waals surface area contributed by atoms with Gasteiger partial charge in [-0.3, -0.25) is 13.9 Å². The molecule has 0 aliphatic heterocycles. The Morgan fingerprint density at radius 3 is 2.07 bits per heavy atom. The number of benzene rings is 3. The van der Waals surface area contributed by atoms with Crippen LogP contribution in [0.4, 0.5) is 5.69 Å². The molecule has 0 fully saturated rings. The number of nitrogens with zero attached hydrogens (tertiary/aromatic N) is 2. The molecule has 9 nitrogen and oxygen atoms in total. The number of hydrogen-bond donors (Lipinski definition) is 1. The third-order valence-electron chi connectivity index (χ3n) is 6.54. The summed E-state index contributed by atoms with van der Waals surface area (Å²) in [7, 11) is -1.52. The van der Waals surface area contributed by atoms with Crippen molar-refractivity contribution in [1.82, 2.24) is 10.2 Å². The zero-order valence-electron chi connectivity index (χ0n) is 24.4. The van der Waals surface area contributed by atoms with Crippen molar-refractivity contribution in [3.63, 3.8) is 0 Å². The molecular weight excluding hydrogens is 637 g/mol. The van der Waals surface area contributed by atoms with Crippen molar-refractivity contribution in [3.8, 4) is 11.5 Å². The molecule has 0 radical (unpaired) electrons. The van der Waals surface area contributed by atoms with Crippen molar-refractivity contribution in [1.29, 1.82) is 0 Å². The van der Waals surface area contributed by atoms with E-state index in [4.69, 9.17) is 44.3 Å². The van der Waals surface area contributed by atoms with Crippen LogP contribution in [0.5, 0.6) is 11.5 Å². The number of hydrogen-bond acceptors (Lipinski definition) is 6. The molecule has 0 spiro atoms. The molecule has 3 aromatic carbocycles. The molecule has 1 atom stereocenters. The number of anilines is 1. The first-order valence-corrected chi connectivity index (χ1v) is 15.9. The van der Waals surface area contributed by atoms with E-state index in [0.717, 1.165) is 4.31 Å². The first-order valence-electron chi connectivity index (χ1n) is 13.3. The number of sulfonamides is 1. The highest BCUT2D eigenvalue weighted by Gasteiger charge is 2.33. The molecule has 3 rings (SSSR count). The topological polar surface area (TPSA) is 105 Å². The van der Waals surface area contributed by atoms with Gasteiger partial charge in [-0.1, -0.05) is 54.7 Å². The van der Waals surface area contributed by atoms with E-state index in [2.05, 4.69) is 5.32 Å². The molecule has 0 unspecified atom stereocenters. The standard InChI is InChI=1S/C30H34Cl3N3O6S/c1-19(2)16-34-30(38)20(3)35(17-21-6-7-23(32)14-26(21)33)29(37)18-36(24-10-8-22(31)9-11-24)43(39,40)25-12-13-27(41-4)28(15-25)42-5/h6-15,19-20H,16-18H2,1-5H3,(H,34,38)/t20-/m1/s1. The summed E-state index contributed by atoms with van der Waals surface area (Å²) in [5.74, 6) is -0.327. The van der Waals surface area contributed by atoms with Gasteiger partial charge < -0.3 is 19.7 Å². The molecule has 0 heterocycles. The molecule has 0 saturated carbocycles. The number of methoxy groups -OCH3 is 2. The molecule has 0 bridgehead atoms. The van der Waals surface area contributed by atoms with Crippen LogP contribution in [0, 0.1) is 5.92 Å². The Kier molecular flexibility index (Phi) is 12.0. The maximum atomic E-state index is 14.1. The van der Waals surface area contributed by atoms with Crippen LogP contribution in [0.25, 0.3) is 0 Å². The van der Waals surface area contributed by atoms with Crippen LogP contribution in [-0.2, 0) is 26.2 Å². The molecule has 2 amide bonds. The number of carbonyl (C=O) groups is 2. The second kappa shape index (κ2) is 15.0. The fraction of sp³-hybridized carbons (Fsp3) is 0.333. The number of carbonyl (C=O) groups excluding carboxylic acids is 2. The monoisotopic (exact) mass is 669 g/mol. The molecule has 3 aromatic rings. The smallest absolute Gasteiger partial charge is 0.264 e. The molecule has 1 N–H and O–H groups in total. The molecular formula is C30H34Cl3N3O6S. The first-order chi connectivity index (χ1) is 20.3. The normalized spacial score (nSPS) is 12.0. The average molecular weight is 671 g/mol. The van der Waals surface area contributed by atoms with Crippen molar-refractivity contribution in [3.05, 3.63) is 81.3 Å². The Balaban J connectivity index is 2.07. The summed E-state index contributed by atoms with van der Waals surface area (Å²) in [4.78, 5) is 28.3. The molecule has 232 valence electrons. The van der Waals surface area contributed by atoms with Crippen LogP contribution >= 0.6 is 34.8 Å². The van der Waals surface area contributed by atoms with Gasteiger partial charge in [0, 0.05) is 34.2 Å². The van der Waals surface area contributed by atoms with Crippen LogP contribution in [0.2, 0.25) is 15.1 Å². The maximum Gasteiger partial charge on any atom is 0.264 e. The summed E-state index contributed by atoms with van der Waals surface area (Å²) in [6, 6.07) is 14.0. The minimum atomic E-state index is -4.34. The van der Waals surface area contributed by atoms with Gasteiger partial charge in [0.15, 0.2) is 11.5 Å². The fourth-order valence-corrected chi connectivity index (χ4v) is 6.13. The molecule has 13 heteroatoms. The van der Waals surface area contributed by atoms with Crippen LogP contribution in [0.1, 0.15) is 26.3 Å². The number of nitrogens with one attached hydrogen (secondary N) is 1. The van der Waals surface area contributed by atoms with Crippen molar-refractivity contribution < 1.29 is 27.5 Å². The third kappa shape index (κ3) is 8.69. The van der Waals surface area contributed by atoms with Crippen LogP contribution in [0.15, 0.2) is 65.6 Å². The molecule has 0 aliphatic carbocycles. The average Bonchev–Trinajstić information content (AvgIpc) is 2.97. The summed E-state index contributed by atoms with van der Waals surface area (Å²) in [5, 5.41) is 3.93.